The zero-order valence-electron chi connectivity index (χ0n) is 33.9. The lowest BCUT2D eigenvalue weighted by atomic mass is 9.82. The Morgan fingerprint density at radius 1 is 0.344 bits per heavy atom. The van der Waals surface area contributed by atoms with Gasteiger partial charge in [0.1, 0.15) is 0 Å². The maximum Gasteiger partial charge on any atom is 0.0788 e. The molecule has 0 atom stereocenters. The Morgan fingerprint density at radius 2 is 0.885 bits per heavy atom. The van der Waals surface area contributed by atoms with Crippen molar-refractivity contribution in [3.63, 3.8) is 0 Å². The summed E-state index contributed by atoms with van der Waals surface area (Å²) in [7, 11) is 0. The van der Waals surface area contributed by atoms with E-state index in [0.717, 1.165) is 44.5 Å². The molecule has 1 aliphatic rings. The Kier molecular flexibility index (Phi) is 7.07. The van der Waals surface area contributed by atoms with E-state index in [4.69, 9.17) is 4.98 Å². The van der Waals surface area contributed by atoms with Crippen LogP contribution in [-0.4, -0.2) is 14.1 Å². The van der Waals surface area contributed by atoms with E-state index in [9.17, 15) is 0 Å². The van der Waals surface area contributed by atoms with Gasteiger partial charge in [-0.05, 0) is 112 Å². The van der Waals surface area contributed by atoms with E-state index in [1.165, 1.54) is 76.8 Å². The van der Waals surface area contributed by atoms with E-state index >= 15 is 0 Å². The third-order valence-electron chi connectivity index (χ3n) is 13.5. The summed E-state index contributed by atoms with van der Waals surface area (Å²) in [5, 5.41) is 8.48. The number of benzene rings is 9. The van der Waals surface area contributed by atoms with Crippen molar-refractivity contribution in [2.75, 3.05) is 0 Å². The molecule has 12 aromatic rings. The Bertz CT molecular complexity index is 3770. The van der Waals surface area contributed by atoms with Crippen molar-refractivity contribution in [2.45, 2.75) is 19.3 Å². The first kappa shape index (κ1) is 34.1. The van der Waals surface area contributed by atoms with Gasteiger partial charge in [-0.2, -0.15) is 0 Å². The molecule has 3 nitrogen and oxygen atoms in total. The Balaban J connectivity index is 1.01. The van der Waals surface area contributed by atoms with Gasteiger partial charge < -0.3 is 9.13 Å². The van der Waals surface area contributed by atoms with Crippen molar-refractivity contribution in [1.82, 2.24) is 14.1 Å². The van der Waals surface area contributed by atoms with Crippen LogP contribution in [0.2, 0.25) is 0 Å². The number of rotatable bonds is 4. The highest BCUT2D eigenvalue weighted by atomic mass is 15.0. The molecule has 1 aliphatic carbocycles. The lowest BCUT2D eigenvalue weighted by molar-refractivity contribution is 0.661. The van der Waals surface area contributed by atoms with Crippen LogP contribution in [0.5, 0.6) is 0 Å². The maximum absolute atomic E-state index is 5.56. The number of fused-ring (bicyclic) bond motifs is 12. The third-order valence-corrected chi connectivity index (χ3v) is 13.5. The first-order valence-electron chi connectivity index (χ1n) is 21.2. The molecule has 0 unspecified atom stereocenters. The van der Waals surface area contributed by atoms with Gasteiger partial charge in [0, 0.05) is 54.7 Å². The summed E-state index contributed by atoms with van der Waals surface area (Å²) < 4.78 is 4.82. The van der Waals surface area contributed by atoms with Crippen molar-refractivity contribution in [2.24, 2.45) is 0 Å². The maximum atomic E-state index is 5.56. The lowest BCUT2D eigenvalue weighted by Gasteiger charge is -2.21. The van der Waals surface area contributed by atoms with Crippen molar-refractivity contribution in [3.8, 4) is 44.9 Å². The standard InChI is InChI=1S/C58H39N3/c1-58(2)50-23-13-11-20-42(50)46-34-49-48-32-38(27-30-55(48)61(56(49)35-51(46)58)40-17-7-4-8-18-40)57-45-22-10-9-19-41(45)43-28-25-37(33-52(43)59-57)36-26-29-54-47(31-36)44-21-12-14-24-53(44)60(54)39-15-5-3-6-16-39/h3-35H,1-2H3. The Hall–Kier alpha value is -7.75. The van der Waals surface area contributed by atoms with Crippen LogP contribution in [0.3, 0.4) is 0 Å². The second-order valence-corrected chi connectivity index (χ2v) is 17.1. The molecule has 0 aliphatic heterocycles. The van der Waals surface area contributed by atoms with Crippen LogP contribution < -0.4 is 0 Å². The Morgan fingerprint density at radius 3 is 1.66 bits per heavy atom. The smallest absolute Gasteiger partial charge is 0.0788 e. The molecular weight excluding hydrogens is 739 g/mol. The zero-order chi connectivity index (χ0) is 40.4. The molecular formula is C58H39N3. The molecule has 13 rings (SSSR count). The molecule has 0 radical (unpaired) electrons. The largest absolute Gasteiger partial charge is 0.309 e. The predicted octanol–water partition coefficient (Wildman–Crippen LogP) is 15.2. The second-order valence-electron chi connectivity index (χ2n) is 17.1. The third kappa shape index (κ3) is 4.89. The molecule has 0 fully saturated rings. The molecule has 3 heterocycles. The van der Waals surface area contributed by atoms with Crippen LogP contribution in [0.4, 0.5) is 0 Å². The number of hydrogen-bond donors (Lipinski definition) is 0. The van der Waals surface area contributed by atoms with E-state index in [1.54, 1.807) is 0 Å². The average molecular weight is 778 g/mol. The molecule has 0 bridgehead atoms. The first-order chi connectivity index (χ1) is 30.0. The number of hydrogen-bond acceptors (Lipinski definition) is 1. The highest BCUT2D eigenvalue weighted by Gasteiger charge is 2.36. The van der Waals surface area contributed by atoms with Gasteiger partial charge in [-0.15, -0.1) is 0 Å². The fourth-order valence-electron chi connectivity index (χ4n) is 10.6. The number of pyridine rings is 1. The fraction of sp³-hybridized carbons (Fsp3) is 0.0517. The molecule has 286 valence electrons. The topological polar surface area (TPSA) is 22.8 Å². The van der Waals surface area contributed by atoms with Gasteiger partial charge in [0.05, 0.1) is 33.3 Å². The number of nitrogens with zero attached hydrogens (tertiary/aromatic N) is 3. The molecule has 3 aromatic heterocycles. The van der Waals surface area contributed by atoms with E-state index < -0.39 is 0 Å². The predicted molar refractivity (Wildman–Crippen MR) is 256 cm³/mol. The molecule has 0 spiro atoms. The summed E-state index contributed by atoms with van der Waals surface area (Å²) >= 11 is 0. The fourth-order valence-corrected chi connectivity index (χ4v) is 10.6. The van der Waals surface area contributed by atoms with E-state index in [-0.39, 0.29) is 5.41 Å². The van der Waals surface area contributed by atoms with Crippen LogP contribution >= 0.6 is 0 Å². The minimum atomic E-state index is -0.0944. The van der Waals surface area contributed by atoms with Crippen LogP contribution in [0, 0.1) is 0 Å². The van der Waals surface area contributed by atoms with Crippen LogP contribution in [-0.2, 0) is 5.41 Å². The summed E-state index contributed by atoms with van der Waals surface area (Å²) in [6.45, 7) is 4.73. The van der Waals surface area contributed by atoms with E-state index in [1.807, 2.05) is 0 Å². The molecule has 0 saturated heterocycles. The van der Waals surface area contributed by atoms with Crippen LogP contribution in [0.15, 0.2) is 200 Å². The number of para-hydroxylation sites is 3. The highest BCUT2D eigenvalue weighted by Crippen LogP contribution is 2.51. The van der Waals surface area contributed by atoms with Gasteiger partial charge in [-0.25, -0.2) is 4.98 Å². The van der Waals surface area contributed by atoms with Crippen molar-refractivity contribution in [3.05, 3.63) is 211 Å². The molecule has 0 N–H and O–H groups in total. The van der Waals surface area contributed by atoms with Gasteiger partial charge in [-0.1, -0.05) is 141 Å². The summed E-state index contributed by atoms with van der Waals surface area (Å²) in [6, 6.07) is 73.4. The summed E-state index contributed by atoms with van der Waals surface area (Å²) in [5.74, 6) is 0. The minimum absolute atomic E-state index is 0.0944. The molecule has 61 heavy (non-hydrogen) atoms. The molecule has 0 amide bonds. The van der Waals surface area contributed by atoms with Gasteiger partial charge in [0.2, 0.25) is 0 Å². The van der Waals surface area contributed by atoms with Gasteiger partial charge in [0.25, 0.3) is 0 Å². The monoisotopic (exact) mass is 777 g/mol. The van der Waals surface area contributed by atoms with Crippen molar-refractivity contribution in [1.29, 1.82) is 0 Å². The van der Waals surface area contributed by atoms with Gasteiger partial charge in [-0.3, -0.25) is 0 Å². The van der Waals surface area contributed by atoms with E-state index in [0.29, 0.717) is 0 Å². The highest BCUT2D eigenvalue weighted by molar-refractivity contribution is 6.16. The summed E-state index contributed by atoms with van der Waals surface area (Å²) in [6.07, 6.45) is 0. The van der Waals surface area contributed by atoms with E-state index in [2.05, 4.69) is 223 Å². The summed E-state index contributed by atoms with van der Waals surface area (Å²) in [5.41, 5.74) is 17.9. The van der Waals surface area contributed by atoms with Crippen LogP contribution in [0.1, 0.15) is 25.0 Å². The first-order valence-corrected chi connectivity index (χ1v) is 21.2. The second kappa shape index (κ2) is 12.6. The minimum Gasteiger partial charge on any atom is -0.309 e. The lowest BCUT2D eigenvalue weighted by Crippen LogP contribution is -2.14. The van der Waals surface area contributed by atoms with Gasteiger partial charge >= 0.3 is 0 Å². The van der Waals surface area contributed by atoms with Crippen molar-refractivity contribution >= 4 is 65.3 Å². The van der Waals surface area contributed by atoms with Crippen LogP contribution in [0.25, 0.3) is 110 Å². The zero-order valence-corrected chi connectivity index (χ0v) is 33.9. The quantitative estimate of drug-likeness (QED) is 0.163. The van der Waals surface area contributed by atoms with Crippen molar-refractivity contribution < 1.29 is 0 Å². The van der Waals surface area contributed by atoms with Gasteiger partial charge in [0.15, 0.2) is 0 Å². The Labute approximate surface area is 353 Å². The molecule has 3 heteroatoms. The molecule has 9 aromatic carbocycles. The SMILES string of the molecule is CC1(C)c2ccccc2-c2cc3c4cc(-c5nc6cc(-c7ccc8c(c7)c7ccccc7n8-c7ccccc7)ccc6c6ccccc56)ccc4n(-c4ccccc4)c3cc21. The number of aromatic nitrogens is 3. The average Bonchev–Trinajstić information content (AvgIpc) is 3.90. The molecule has 0 saturated carbocycles. The normalized spacial score (nSPS) is 13.2. The summed E-state index contributed by atoms with van der Waals surface area (Å²) in [4.78, 5) is 5.56.